The molecule has 0 heterocycles. The lowest BCUT2D eigenvalue weighted by molar-refractivity contribution is -0.404. The molecule has 0 saturated carbocycles. The van der Waals surface area contributed by atoms with Gasteiger partial charge in [0.15, 0.2) is 5.82 Å². The molecule has 0 radical (unpaired) electrons. The van der Waals surface area contributed by atoms with Gasteiger partial charge in [-0.25, -0.2) is 0 Å². The van der Waals surface area contributed by atoms with E-state index in [1.807, 2.05) is 6.92 Å². The lowest BCUT2D eigenvalue weighted by Crippen LogP contribution is -2.32. The van der Waals surface area contributed by atoms with Gasteiger partial charge in [-0.15, -0.1) is 11.6 Å². The molecule has 0 aliphatic rings. The third-order valence-corrected chi connectivity index (χ3v) is 1.73. The van der Waals surface area contributed by atoms with Crippen LogP contribution < -0.4 is 5.32 Å². The van der Waals surface area contributed by atoms with Gasteiger partial charge in [0.1, 0.15) is 0 Å². The molecule has 0 aromatic carbocycles. The molecule has 1 N–H and O–H groups in total. The first-order valence-corrected chi connectivity index (χ1v) is 4.53. The summed E-state index contributed by atoms with van der Waals surface area (Å²) >= 11 is 5.55. The molecule has 0 fully saturated rings. The summed E-state index contributed by atoms with van der Waals surface area (Å²) in [5, 5.41) is 13.0. The van der Waals surface area contributed by atoms with Gasteiger partial charge >= 0.3 is 0 Å². The Morgan fingerprint density at radius 3 is 2.69 bits per heavy atom. The number of hydrogen-bond donors (Lipinski definition) is 1. The third-order valence-electron chi connectivity index (χ3n) is 1.56. The van der Waals surface area contributed by atoms with Crippen molar-refractivity contribution in [2.45, 2.75) is 6.92 Å². The van der Waals surface area contributed by atoms with Crippen molar-refractivity contribution in [1.82, 2.24) is 10.2 Å². The van der Waals surface area contributed by atoms with E-state index < -0.39 is 4.92 Å². The van der Waals surface area contributed by atoms with Crippen molar-refractivity contribution in [3.8, 4) is 0 Å². The van der Waals surface area contributed by atoms with Crippen molar-refractivity contribution in [3.05, 3.63) is 22.1 Å². The van der Waals surface area contributed by atoms with Gasteiger partial charge in [0.05, 0.1) is 4.92 Å². The summed E-state index contributed by atoms with van der Waals surface area (Å²) in [6.45, 7) is 3.20. The summed E-state index contributed by atoms with van der Waals surface area (Å²) in [4.78, 5) is 11.5. The molecule has 0 aromatic heterocycles. The highest BCUT2D eigenvalue weighted by atomic mass is 35.5. The van der Waals surface area contributed by atoms with Crippen molar-refractivity contribution >= 4 is 11.6 Å². The highest BCUT2D eigenvalue weighted by Crippen LogP contribution is 2.00. The van der Waals surface area contributed by atoms with Crippen molar-refractivity contribution in [3.63, 3.8) is 0 Å². The Bertz CT molecular complexity index is 196. The SMILES string of the molecule is CCN(CCCl)C(=C[N+](=O)[O-])NC. The predicted octanol–water partition coefficient (Wildman–Crippen LogP) is 0.842. The molecular formula is C7H14ClN3O2. The average molecular weight is 208 g/mol. The molecule has 0 saturated heterocycles. The molecule has 76 valence electrons. The van der Waals surface area contributed by atoms with Crippen LogP contribution in [-0.4, -0.2) is 35.8 Å². The van der Waals surface area contributed by atoms with Crippen LogP contribution in [0.3, 0.4) is 0 Å². The number of nitro groups is 1. The Morgan fingerprint density at radius 1 is 1.77 bits per heavy atom. The zero-order valence-corrected chi connectivity index (χ0v) is 8.54. The van der Waals surface area contributed by atoms with Gasteiger partial charge in [0, 0.05) is 26.0 Å². The maximum absolute atomic E-state index is 10.2. The molecule has 0 amide bonds. The maximum Gasteiger partial charge on any atom is 0.274 e. The van der Waals surface area contributed by atoms with E-state index in [0.29, 0.717) is 24.8 Å². The summed E-state index contributed by atoms with van der Waals surface area (Å²) in [6.07, 6.45) is 0.941. The summed E-state index contributed by atoms with van der Waals surface area (Å²) in [7, 11) is 1.65. The molecule has 5 nitrogen and oxygen atoms in total. The van der Waals surface area contributed by atoms with Crippen molar-refractivity contribution < 1.29 is 4.92 Å². The number of nitrogens with zero attached hydrogens (tertiary/aromatic N) is 2. The monoisotopic (exact) mass is 207 g/mol. The average Bonchev–Trinajstić information content (AvgIpc) is 2.10. The fourth-order valence-electron chi connectivity index (χ4n) is 0.955. The molecule has 0 aliphatic heterocycles. The van der Waals surface area contributed by atoms with Gasteiger partial charge in [0.25, 0.3) is 6.20 Å². The van der Waals surface area contributed by atoms with Crippen molar-refractivity contribution in [2.75, 3.05) is 26.0 Å². The molecule has 0 unspecified atom stereocenters. The lowest BCUT2D eigenvalue weighted by atomic mass is 10.5. The van der Waals surface area contributed by atoms with Crippen LogP contribution in [0.1, 0.15) is 6.92 Å². The predicted molar refractivity (Wildman–Crippen MR) is 52.1 cm³/mol. The highest BCUT2D eigenvalue weighted by molar-refractivity contribution is 6.18. The van der Waals surface area contributed by atoms with Crippen molar-refractivity contribution in [1.29, 1.82) is 0 Å². The third kappa shape index (κ3) is 4.57. The highest BCUT2D eigenvalue weighted by Gasteiger charge is 2.08. The molecule has 13 heavy (non-hydrogen) atoms. The Labute approximate surface area is 82.5 Å². The summed E-state index contributed by atoms with van der Waals surface area (Å²) in [5.74, 6) is 0.929. The number of halogens is 1. The summed E-state index contributed by atoms with van der Waals surface area (Å²) < 4.78 is 0. The van der Waals surface area contributed by atoms with Crippen LogP contribution in [-0.2, 0) is 0 Å². The zero-order chi connectivity index (χ0) is 10.3. The van der Waals surface area contributed by atoms with Gasteiger partial charge in [-0.1, -0.05) is 0 Å². The van der Waals surface area contributed by atoms with E-state index >= 15 is 0 Å². The quantitative estimate of drug-likeness (QED) is 0.399. The first kappa shape index (κ1) is 12.0. The van der Waals surface area contributed by atoms with Gasteiger partial charge in [-0.2, -0.15) is 0 Å². The second-order valence-electron chi connectivity index (χ2n) is 2.32. The molecule has 0 rings (SSSR count). The standard InChI is InChI=1S/C7H14ClN3O2/c1-3-10(5-4-8)7(9-2)6-11(12)13/h6,9H,3-5H2,1-2H3. The maximum atomic E-state index is 10.2. The minimum atomic E-state index is -0.483. The van der Waals surface area contributed by atoms with E-state index in [0.717, 1.165) is 6.20 Å². The second-order valence-corrected chi connectivity index (χ2v) is 2.70. The summed E-state index contributed by atoms with van der Waals surface area (Å²) in [5.41, 5.74) is 0. The van der Waals surface area contributed by atoms with Crippen LogP contribution in [0.5, 0.6) is 0 Å². The van der Waals surface area contributed by atoms with E-state index in [1.165, 1.54) is 0 Å². The Morgan fingerprint density at radius 2 is 2.38 bits per heavy atom. The van der Waals surface area contributed by atoms with Crippen LogP contribution in [0.25, 0.3) is 0 Å². The van der Waals surface area contributed by atoms with Gasteiger partial charge in [-0.05, 0) is 6.92 Å². The first-order chi connectivity index (χ1) is 6.15. The van der Waals surface area contributed by atoms with E-state index in [1.54, 1.807) is 11.9 Å². The smallest absolute Gasteiger partial charge is 0.274 e. The molecule has 0 aromatic rings. The lowest BCUT2D eigenvalue weighted by Gasteiger charge is -2.22. The van der Waals surface area contributed by atoms with Crippen LogP contribution in [0.4, 0.5) is 0 Å². The van der Waals surface area contributed by atoms with E-state index in [9.17, 15) is 10.1 Å². The molecule has 0 atom stereocenters. The fraction of sp³-hybridized carbons (Fsp3) is 0.714. The summed E-state index contributed by atoms with van der Waals surface area (Å²) in [6, 6.07) is 0. The van der Waals surface area contributed by atoms with Crippen LogP contribution in [0, 0.1) is 10.1 Å². The number of nitrogens with one attached hydrogen (secondary N) is 1. The normalized spacial score (nSPS) is 11.2. The van der Waals surface area contributed by atoms with Gasteiger partial charge in [0.2, 0.25) is 0 Å². The zero-order valence-electron chi connectivity index (χ0n) is 7.79. The number of hydrogen-bond acceptors (Lipinski definition) is 4. The molecule has 6 heteroatoms. The largest absolute Gasteiger partial charge is 0.370 e. The van der Waals surface area contributed by atoms with Crippen molar-refractivity contribution in [2.24, 2.45) is 0 Å². The topological polar surface area (TPSA) is 58.4 Å². The number of alkyl halides is 1. The van der Waals surface area contributed by atoms with E-state index in [2.05, 4.69) is 5.32 Å². The Balaban J connectivity index is 4.41. The minimum Gasteiger partial charge on any atom is -0.370 e. The Hall–Kier alpha value is -0.970. The van der Waals surface area contributed by atoms with Crippen LogP contribution >= 0.6 is 11.6 Å². The van der Waals surface area contributed by atoms with E-state index in [-0.39, 0.29) is 0 Å². The number of rotatable bonds is 6. The molecule has 0 aliphatic carbocycles. The van der Waals surface area contributed by atoms with Gasteiger partial charge < -0.3 is 10.2 Å². The van der Waals surface area contributed by atoms with Crippen LogP contribution in [0.15, 0.2) is 12.0 Å². The van der Waals surface area contributed by atoms with E-state index in [4.69, 9.17) is 11.6 Å². The molecular weight excluding hydrogens is 194 g/mol. The van der Waals surface area contributed by atoms with Crippen LogP contribution in [0.2, 0.25) is 0 Å². The molecule has 0 bridgehead atoms. The second kappa shape index (κ2) is 6.54. The Kier molecular flexibility index (Phi) is 6.05. The first-order valence-electron chi connectivity index (χ1n) is 3.99. The minimum absolute atomic E-state index is 0.449. The molecule has 0 spiro atoms. The van der Waals surface area contributed by atoms with Gasteiger partial charge in [-0.3, -0.25) is 10.1 Å². The fourth-order valence-corrected chi connectivity index (χ4v) is 1.16.